The maximum absolute atomic E-state index is 14.4. The summed E-state index contributed by atoms with van der Waals surface area (Å²) >= 11 is 9.41. The number of hydrogen-bond acceptors (Lipinski definition) is 1. The van der Waals surface area contributed by atoms with Gasteiger partial charge in [0.05, 0.1) is 0 Å². The zero-order valence-corrected chi connectivity index (χ0v) is 11.2. The van der Waals surface area contributed by atoms with Gasteiger partial charge in [-0.2, -0.15) is 0 Å². The van der Waals surface area contributed by atoms with Crippen molar-refractivity contribution in [3.05, 3.63) is 33.3 Å². The van der Waals surface area contributed by atoms with E-state index in [4.69, 9.17) is 17.3 Å². The molecule has 1 aromatic rings. The van der Waals surface area contributed by atoms with Gasteiger partial charge >= 0.3 is 0 Å². The van der Waals surface area contributed by atoms with E-state index in [-0.39, 0.29) is 6.04 Å². The molecule has 2 atom stereocenters. The van der Waals surface area contributed by atoms with Gasteiger partial charge in [0.25, 0.3) is 0 Å². The van der Waals surface area contributed by atoms with Gasteiger partial charge in [0.2, 0.25) is 0 Å². The molecule has 2 rings (SSSR count). The summed E-state index contributed by atoms with van der Waals surface area (Å²) in [6, 6.07) is 5.56. The van der Waals surface area contributed by atoms with Crippen molar-refractivity contribution < 1.29 is 4.39 Å². The highest BCUT2D eigenvalue weighted by molar-refractivity contribution is 9.10. The fourth-order valence-corrected chi connectivity index (χ4v) is 3.03. The van der Waals surface area contributed by atoms with Gasteiger partial charge in [0.1, 0.15) is 5.67 Å². The Morgan fingerprint density at radius 2 is 2.31 bits per heavy atom. The van der Waals surface area contributed by atoms with Gasteiger partial charge in [-0.15, -0.1) is 0 Å². The zero-order valence-electron chi connectivity index (χ0n) is 8.85. The minimum absolute atomic E-state index is 0.000719. The van der Waals surface area contributed by atoms with Crippen molar-refractivity contribution in [3.63, 3.8) is 0 Å². The first-order valence-electron chi connectivity index (χ1n) is 5.37. The Hall–Kier alpha value is -0.120. The highest BCUT2D eigenvalue weighted by atomic mass is 79.9. The Bertz CT molecular complexity index is 399. The highest BCUT2D eigenvalue weighted by Gasteiger charge is 2.38. The summed E-state index contributed by atoms with van der Waals surface area (Å²) in [7, 11) is 0. The summed E-state index contributed by atoms with van der Waals surface area (Å²) in [6.07, 6.45) is 2.12. The first-order chi connectivity index (χ1) is 7.48. The van der Waals surface area contributed by atoms with Gasteiger partial charge < -0.3 is 5.73 Å². The van der Waals surface area contributed by atoms with Crippen LogP contribution in [0.2, 0.25) is 5.02 Å². The van der Waals surface area contributed by atoms with Crippen LogP contribution < -0.4 is 5.73 Å². The number of hydrogen-bond donors (Lipinski definition) is 1. The molecule has 2 unspecified atom stereocenters. The summed E-state index contributed by atoms with van der Waals surface area (Å²) in [5.74, 6) is 0. The van der Waals surface area contributed by atoms with Crippen molar-refractivity contribution in [2.24, 2.45) is 5.73 Å². The second kappa shape index (κ2) is 4.63. The van der Waals surface area contributed by atoms with Crippen LogP contribution in [0.4, 0.5) is 4.39 Å². The van der Waals surface area contributed by atoms with Crippen LogP contribution in [0, 0.1) is 0 Å². The number of nitrogens with two attached hydrogens (primary N) is 1. The van der Waals surface area contributed by atoms with Crippen molar-refractivity contribution in [1.82, 2.24) is 0 Å². The Balaban J connectivity index is 2.14. The molecule has 1 saturated carbocycles. The molecule has 0 aromatic heterocycles. The maximum Gasteiger partial charge on any atom is 0.116 e. The third-order valence-corrected chi connectivity index (χ3v) is 3.96. The topological polar surface area (TPSA) is 26.0 Å². The molecule has 0 saturated heterocycles. The van der Waals surface area contributed by atoms with Crippen LogP contribution in [-0.2, 0) is 6.42 Å². The summed E-state index contributed by atoms with van der Waals surface area (Å²) in [5.41, 5.74) is 5.44. The molecule has 0 heterocycles. The van der Waals surface area contributed by atoms with Crippen LogP contribution in [0.3, 0.4) is 0 Å². The number of alkyl halides is 1. The molecule has 0 spiro atoms. The highest BCUT2D eigenvalue weighted by Crippen LogP contribution is 2.37. The predicted octanol–water partition coefficient (Wildman–Crippen LogP) is 3.86. The molecule has 0 radical (unpaired) electrons. The summed E-state index contributed by atoms with van der Waals surface area (Å²) < 4.78 is 15.3. The fraction of sp³-hybridized carbons (Fsp3) is 0.500. The lowest BCUT2D eigenvalue weighted by atomic mass is 9.94. The van der Waals surface area contributed by atoms with E-state index in [1.807, 2.05) is 12.1 Å². The molecule has 1 aliphatic rings. The summed E-state index contributed by atoms with van der Waals surface area (Å²) in [4.78, 5) is 0. The van der Waals surface area contributed by atoms with Gasteiger partial charge in [-0.05, 0) is 37.0 Å². The maximum atomic E-state index is 14.4. The lowest BCUT2D eigenvalue weighted by Crippen LogP contribution is -2.25. The number of rotatable bonds is 2. The Kier molecular flexibility index (Phi) is 3.57. The number of benzene rings is 1. The molecule has 88 valence electrons. The van der Waals surface area contributed by atoms with Crippen LogP contribution in [0.5, 0.6) is 0 Å². The molecule has 4 heteroatoms. The molecule has 1 nitrogen and oxygen atoms in total. The Morgan fingerprint density at radius 1 is 1.56 bits per heavy atom. The molecule has 2 N–H and O–H groups in total. The summed E-state index contributed by atoms with van der Waals surface area (Å²) in [6.45, 7) is 0. The third kappa shape index (κ3) is 2.76. The molecule has 0 bridgehead atoms. The van der Waals surface area contributed by atoms with Gasteiger partial charge in [0, 0.05) is 22.0 Å². The monoisotopic (exact) mass is 305 g/mol. The molecule has 1 aliphatic carbocycles. The normalized spacial score (nSPS) is 29.6. The largest absolute Gasteiger partial charge is 0.328 e. The zero-order chi connectivity index (χ0) is 11.8. The quantitative estimate of drug-likeness (QED) is 0.882. The van der Waals surface area contributed by atoms with Crippen molar-refractivity contribution in [3.8, 4) is 0 Å². The van der Waals surface area contributed by atoms with E-state index in [0.29, 0.717) is 24.3 Å². The average Bonchev–Trinajstić information content (AvgIpc) is 2.52. The average molecular weight is 307 g/mol. The second-order valence-corrected chi connectivity index (χ2v) is 5.89. The fourth-order valence-electron chi connectivity index (χ4n) is 2.29. The predicted molar refractivity (Wildman–Crippen MR) is 68.5 cm³/mol. The van der Waals surface area contributed by atoms with E-state index < -0.39 is 5.67 Å². The van der Waals surface area contributed by atoms with Crippen LogP contribution in [0.25, 0.3) is 0 Å². The van der Waals surface area contributed by atoms with E-state index in [9.17, 15) is 4.39 Å². The Labute approximate surface area is 108 Å². The third-order valence-electron chi connectivity index (χ3n) is 3.11. The SMILES string of the molecule is NC1CCC(F)(Cc2ccc(Br)cc2Cl)C1. The molecule has 0 amide bonds. The molecule has 0 aliphatic heterocycles. The standard InChI is InChI=1S/C12H14BrClFN/c13-9-2-1-8(11(14)5-9)6-12(15)4-3-10(16)7-12/h1-2,5,10H,3-4,6-7,16H2. The van der Waals surface area contributed by atoms with Crippen molar-refractivity contribution in [2.75, 3.05) is 0 Å². The van der Waals surface area contributed by atoms with Crippen LogP contribution in [0.15, 0.2) is 22.7 Å². The first-order valence-corrected chi connectivity index (χ1v) is 6.54. The van der Waals surface area contributed by atoms with Crippen LogP contribution in [-0.4, -0.2) is 11.7 Å². The van der Waals surface area contributed by atoms with Crippen LogP contribution >= 0.6 is 27.5 Å². The first kappa shape index (κ1) is 12.3. The van der Waals surface area contributed by atoms with Crippen LogP contribution in [0.1, 0.15) is 24.8 Å². The number of halogens is 3. The van der Waals surface area contributed by atoms with Gasteiger partial charge in [0.15, 0.2) is 0 Å². The minimum Gasteiger partial charge on any atom is -0.328 e. The van der Waals surface area contributed by atoms with E-state index in [2.05, 4.69) is 15.9 Å². The lowest BCUT2D eigenvalue weighted by molar-refractivity contribution is 0.170. The second-order valence-electron chi connectivity index (χ2n) is 4.57. The van der Waals surface area contributed by atoms with Crippen molar-refractivity contribution in [2.45, 2.75) is 37.4 Å². The van der Waals surface area contributed by atoms with E-state index in [1.54, 1.807) is 6.07 Å². The molecule has 1 fully saturated rings. The molecular formula is C12H14BrClFN. The van der Waals surface area contributed by atoms with Gasteiger partial charge in [-0.3, -0.25) is 0 Å². The van der Waals surface area contributed by atoms with E-state index >= 15 is 0 Å². The lowest BCUT2D eigenvalue weighted by Gasteiger charge is -2.20. The van der Waals surface area contributed by atoms with Gasteiger partial charge in [-0.25, -0.2) is 4.39 Å². The van der Waals surface area contributed by atoms with Crippen molar-refractivity contribution >= 4 is 27.5 Å². The smallest absolute Gasteiger partial charge is 0.116 e. The summed E-state index contributed by atoms with van der Waals surface area (Å²) in [5, 5.41) is 0.617. The van der Waals surface area contributed by atoms with Crippen molar-refractivity contribution in [1.29, 1.82) is 0 Å². The molecule has 16 heavy (non-hydrogen) atoms. The Morgan fingerprint density at radius 3 is 2.88 bits per heavy atom. The minimum atomic E-state index is -1.17. The van der Waals surface area contributed by atoms with E-state index in [0.717, 1.165) is 16.5 Å². The van der Waals surface area contributed by atoms with Gasteiger partial charge in [-0.1, -0.05) is 33.6 Å². The molecular weight excluding hydrogens is 292 g/mol. The van der Waals surface area contributed by atoms with E-state index in [1.165, 1.54) is 0 Å². The molecule has 1 aromatic carbocycles.